The van der Waals surface area contributed by atoms with Crippen molar-refractivity contribution in [1.29, 1.82) is 0 Å². The van der Waals surface area contributed by atoms with Crippen LogP contribution in [0.3, 0.4) is 0 Å². The molecule has 1 saturated carbocycles. The predicted octanol–water partition coefficient (Wildman–Crippen LogP) is 1.34. The first-order chi connectivity index (χ1) is 7.66. The van der Waals surface area contributed by atoms with E-state index in [4.69, 9.17) is 17.3 Å². The van der Waals surface area contributed by atoms with Gasteiger partial charge < -0.3 is 11.1 Å². The zero-order chi connectivity index (χ0) is 11.5. The zero-order valence-electron chi connectivity index (χ0n) is 8.82. The van der Waals surface area contributed by atoms with E-state index in [2.05, 4.69) is 10.3 Å². The summed E-state index contributed by atoms with van der Waals surface area (Å²) in [5.41, 5.74) is 6.25. The van der Waals surface area contributed by atoms with Gasteiger partial charge in [0.05, 0.1) is 5.02 Å². The van der Waals surface area contributed by atoms with Gasteiger partial charge in [-0.25, -0.2) is 4.98 Å². The Kier molecular flexibility index (Phi) is 3.41. The van der Waals surface area contributed by atoms with Crippen molar-refractivity contribution in [1.82, 2.24) is 10.3 Å². The number of aromatic nitrogens is 1. The topological polar surface area (TPSA) is 68.0 Å². The zero-order valence-corrected chi connectivity index (χ0v) is 9.57. The molecule has 4 nitrogen and oxygen atoms in total. The van der Waals surface area contributed by atoms with Crippen molar-refractivity contribution in [3.05, 3.63) is 29.0 Å². The highest BCUT2D eigenvalue weighted by Gasteiger charge is 2.25. The van der Waals surface area contributed by atoms with Gasteiger partial charge >= 0.3 is 0 Å². The van der Waals surface area contributed by atoms with Crippen molar-refractivity contribution < 1.29 is 4.79 Å². The minimum Gasteiger partial charge on any atom is -0.346 e. The third-order valence-corrected chi connectivity index (χ3v) is 3.07. The number of hydrogen-bond donors (Lipinski definition) is 2. The summed E-state index contributed by atoms with van der Waals surface area (Å²) in [6.07, 6.45) is 4.45. The Morgan fingerprint density at radius 1 is 1.50 bits per heavy atom. The Hall–Kier alpha value is -1.13. The van der Waals surface area contributed by atoms with E-state index in [0.717, 1.165) is 19.3 Å². The molecule has 86 valence electrons. The number of carbonyl (C=O) groups excluding carboxylic acids is 1. The second-order valence-corrected chi connectivity index (χ2v) is 4.47. The van der Waals surface area contributed by atoms with E-state index in [1.54, 1.807) is 12.1 Å². The molecule has 16 heavy (non-hydrogen) atoms. The molecule has 1 fully saturated rings. The first-order valence-electron chi connectivity index (χ1n) is 5.35. The summed E-state index contributed by atoms with van der Waals surface area (Å²) >= 11 is 5.70. The molecule has 0 saturated heterocycles. The van der Waals surface area contributed by atoms with Gasteiger partial charge in [-0.2, -0.15) is 0 Å². The molecule has 3 N–H and O–H groups in total. The molecule has 0 radical (unpaired) electrons. The number of pyridine rings is 1. The van der Waals surface area contributed by atoms with Crippen LogP contribution in [0.4, 0.5) is 0 Å². The van der Waals surface area contributed by atoms with Crippen LogP contribution < -0.4 is 11.1 Å². The second kappa shape index (κ2) is 4.80. The van der Waals surface area contributed by atoms with Crippen molar-refractivity contribution >= 4 is 17.5 Å². The maximum atomic E-state index is 11.8. The van der Waals surface area contributed by atoms with Crippen molar-refractivity contribution in [3.8, 4) is 0 Å². The van der Waals surface area contributed by atoms with E-state index in [1.165, 1.54) is 6.20 Å². The normalized spacial score (nSPS) is 24.4. The average molecular weight is 240 g/mol. The van der Waals surface area contributed by atoms with Crippen LogP contribution in [0, 0.1) is 0 Å². The number of nitrogens with one attached hydrogen (secondary N) is 1. The number of nitrogens with two attached hydrogens (primary N) is 1. The van der Waals surface area contributed by atoms with E-state index in [1.807, 2.05) is 0 Å². The standard InChI is InChI=1S/C11H14ClN3O/c12-7-4-5-10(14-6-7)11(16)15-9-3-1-2-8(9)13/h4-6,8-9H,1-3,13H2,(H,15,16). The summed E-state index contributed by atoms with van der Waals surface area (Å²) in [6, 6.07) is 3.40. The lowest BCUT2D eigenvalue weighted by Gasteiger charge is -2.16. The number of carbonyl (C=O) groups is 1. The lowest BCUT2D eigenvalue weighted by atomic mass is 10.2. The van der Waals surface area contributed by atoms with Crippen LogP contribution >= 0.6 is 11.6 Å². The van der Waals surface area contributed by atoms with Gasteiger partial charge in [-0.1, -0.05) is 11.6 Å². The van der Waals surface area contributed by atoms with Crippen molar-refractivity contribution in [3.63, 3.8) is 0 Å². The summed E-state index contributed by atoms with van der Waals surface area (Å²) in [6.45, 7) is 0. The summed E-state index contributed by atoms with van der Waals surface area (Å²) in [5.74, 6) is -0.181. The largest absolute Gasteiger partial charge is 0.346 e. The molecule has 0 spiro atoms. The summed E-state index contributed by atoms with van der Waals surface area (Å²) < 4.78 is 0. The average Bonchev–Trinajstić information content (AvgIpc) is 2.65. The molecule has 2 atom stereocenters. The lowest BCUT2D eigenvalue weighted by molar-refractivity contribution is 0.0929. The quantitative estimate of drug-likeness (QED) is 0.819. The van der Waals surface area contributed by atoms with Crippen LogP contribution in [-0.4, -0.2) is 23.0 Å². The minimum absolute atomic E-state index is 0.0660. The summed E-state index contributed by atoms with van der Waals surface area (Å²) in [5, 5.41) is 3.42. The van der Waals surface area contributed by atoms with E-state index in [-0.39, 0.29) is 18.0 Å². The van der Waals surface area contributed by atoms with Crippen LogP contribution in [0.25, 0.3) is 0 Å². The van der Waals surface area contributed by atoms with Gasteiger partial charge in [-0.05, 0) is 31.4 Å². The number of amides is 1. The summed E-state index contributed by atoms with van der Waals surface area (Å²) in [4.78, 5) is 15.7. The van der Waals surface area contributed by atoms with E-state index in [9.17, 15) is 4.79 Å². The van der Waals surface area contributed by atoms with E-state index < -0.39 is 0 Å². The first kappa shape index (κ1) is 11.4. The second-order valence-electron chi connectivity index (χ2n) is 4.04. The van der Waals surface area contributed by atoms with Crippen LogP contribution in [0.1, 0.15) is 29.8 Å². The molecule has 5 heteroatoms. The third-order valence-electron chi connectivity index (χ3n) is 2.85. The highest BCUT2D eigenvalue weighted by atomic mass is 35.5. The molecule has 1 aliphatic carbocycles. The molecule has 0 aromatic carbocycles. The van der Waals surface area contributed by atoms with Gasteiger partial charge in [0.1, 0.15) is 5.69 Å². The highest BCUT2D eigenvalue weighted by molar-refractivity contribution is 6.30. The van der Waals surface area contributed by atoms with Crippen LogP contribution in [0.5, 0.6) is 0 Å². The van der Waals surface area contributed by atoms with Gasteiger partial charge in [0.25, 0.3) is 5.91 Å². The third kappa shape index (κ3) is 2.51. The molecule has 0 bridgehead atoms. The van der Waals surface area contributed by atoms with E-state index in [0.29, 0.717) is 10.7 Å². The van der Waals surface area contributed by atoms with Crippen molar-refractivity contribution in [2.24, 2.45) is 5.73 Å². The molecule has 1 aromatic rings. The molecule has 1 aromatic heterocycles. The number of rotatable bonds is 2. The van der Waals surface area contributed by atoms with Gasteiger partial charge in [0.15, 0.2) is 0 Å². The fourth-order valence-corrected chi connectivity index (χ4v) is 2.03. The molecule has 1 amide bonds. The monoisotopic (exact) mass is 239 g/mol. The van der Waals surface area contributed by atoms with Crippen molar-refractivity contribution in [2.45, 2.75) is 31.3 Å². The van der Waals surface area contributed by atoms with Gasteiger partial charge in [0, 0.05) is 18.3 Å². The van der Waals surface area contributed by atoms with Crippen LogP contribution in [0.15, 0.2) is 18.3 Å². The van der Waals surface area contributed by atoms with E-state index >= 15 is 0 Å². The Morgan fingerprint density at radius 2 is 2.31 bits per heavy atom. The molecule has 0 aliphatic heterocycles. The van der Waals surface area contributed by atoms with Gasteiger partial charge in [0.2, 0.25) is 0 Å². The van der Waals surface area contributed by atoms with Crippen LogP contribution in [0.2, 0.25) is 5.02 Å². The highest BCUT2D eigenvalue weighted by Crippen LogP contribution is 2.17. The first-order valence-corrected chi connectivity index (χ1v) is 5.72. The Balaban J connectivity index is 2.00. The predicted molar refractivity (Wildman–Crippen MR) is 62.3 cm³/mol. The molecule has 2 unspecified atom stereocenters. The molecular formula is C11H14ClN3O. The Bertz CT molecular complexity index is 379. The molecule has 2 rings (SSSR count). The maximum absolute atomic E-state index is 11.8. The van der Waals surface area contributed by atoms with Crippen molar-refractivity contribution in [2.75, 3.05) is 0 Å². The molecule has 1 heterocycles. The minimum atomic E-state index is -0.181. The fraction of sp³-hybridized carbons (Fsp3) is 0.455. The molecular weight excluding hydrogens is 226 g/mol. The number of nitrogens with zero attached hydrogens (tertiary/aromatic N) is 1. The maximum Gasteiger partial charge on any atom is 0.270 e. The summed E-state index contributed by atoms with van der Waals surface area (Å²) in [7, 11) is 0. The van der Waals surface area contributed by atoms with Gasteiger partial charge in [-0.15, -0.1) is 0 Å². The fourth-order valence-electron chi connectivity index (χ4n) is 1.92. The lowest BCUT2D eigenvalue weighted by Crippen LogP contribution is -2.44. The SMILES string of the molecule is NC1CCCC1NC(=O)c1ccc(Cl)cn1. The number of halogens is 1. The Labute approximate surface area is 99.2 Å². The van der Waals surface area contributed by atoms with Gasteiger partial charge in [-0.3, -0.25) is 4.79 Å². The number of hydrogen-bond acceptors (Lipinski definition) is 3. The smallest absolute Gasteiger partial charge is 0.270 e. The van der Waals surface area contributed by atoms with Crippen LogP contribution in [-0.2, 0) is 0 Å². The Morgan fingerprint density at radius 3 is 2.88 bits per heavy atom. The molecule has 1 aliphatic rings.